The average Bonchev–Trinajstić information content (AvgIpc) is 2.72. The lowest BCUT2D eigenvalue weighted by molar-refractivity contribution is -0.126. The number of benzene rings is 2. The lowest BCUT2D eigenvalue weighted by Gasteiger charge is -2.35. The number of methoxy groups -OCH3 is 2. The van der Waals surface area contributed by atoms with Crippen molar-refractivity contribution in [3.05, 3.63) is 60.2 Å². The van der Waals surface area contributed by atoms with Gasteiger partial charge in [-0.1, -0.05) is 12.1 Å². The molecule has 2 aromatic carbocycles. The Morgan fingerprint density at radius 2 is 1.38 bits per heavy atom. The Kier molecular flexibility index (Phi) is 5.79. The summed E-state index contributed by atoms with van der Waals surface area (Å²) in [7, 11) is 3.30. The Morgan fingerprint density at radius 1 is 0.846 bits per heavy atom. The summed E-state index contributed by atoms with van der Waals surface area (Å²) in [4.78, 5) is 16.6. The fourth-order valence-electron chi connectivity index (χ4n) is 2.97. The number of hydrogen-bond acceptors (Lipinski definition) is 4. The molecule has 0 N–H and O–H groups in total. The van der Waals surface area contributed by atoms with Crippen molar-refractivity contribution in [1.29, 1.82) is 0 Å². The smallest absolute Gasteiger partial charge is 0.246 e. The molecule has 1 amide bonds. The van der Waals surface area contributed by atoms with E-state index in [1.54, 1.807) is 20.3 Å². The molecule has 3 rings (SSSR count). The van der Waals surface area contributed by atoms with Crippen molar-refractivity contribution in [3.8, 4) is 11.5 Å². The largest absolute Gasteiger partial charge is 0.497 e. The van der Waals surface area contributed by atoms with E-state index < -0.39 is 0 Å². The van der Waals surface area contributed by atoms with Crippen LogP contribution < -0.4 is 14.4 Å². The van der Waals surface area contributed by atoms with E-state index in [0.29, 0.717) is 0 Å². The van der Waals surface area contributed by atoms with Crippen molar-refractivity contribution >= 4 is 17.7 Å². The minimum atomic E-state index is 0.0511. The highest BCUT2D eigenvalue weighted by atomic mass is 16.5. The molecule has 1 aliphatic heterocycles. The molecule has 0 unspecified atom stereocenters. The number of anilines is 1. The molecule has 1 saturated heterocycles. The Hall–Kier alpha value is -2.95. The third-order valence-corrected chi connectivity index (χ3v) is 4.56. The molecule has 1 heterocycles. The highest BCUT2D eigenvalue weighted by Crippen LogP contribution is 2.20. The van der Waals surface area contributed by atoms with Crippen LogP contribution in [0.15, 0.2) is 54.6 Å². The van der Waals surface area contributed by atoms with Gasteiger partial charge in [-0.2, -0.15) is 0 Å². The van der Waals surface area contributed by atoms with E-state index in [2.05, 4.69) is 17.0 Å². The van der Waals surface area contributed by atoms with Gasteiger partial charge in [-0.25, -0.2) is 0 Å². The van der Waals surface area contributed by atoms with E-state index in [1.807, 2.05) is 47.4 Å². The molecule has 0 saturated carbocycles. The van der Waals surface area contributed by atoms with Crippen molar-refractivity contribution < 1.29 is 14.3 Å². The van der Waals surface area contributed by atoms with Gasteiger partial charge in [0.2, 0.25) is 5.91 Å². The molecule has 0 spiro atoms. The van der Waals surface area contributed by atoms with Crippen LogP contribution in [0.3, 0.4) is 0 Å². The number of amides is 1. The van der Waals surface area contributed by atoms with Gasteiger partial charge in [0.25, 0.3) is 0 Å². The van der Waals surface area contributed by atoms with Gasteiger partial charge in [0.1, 0.15) is 11.5 Å². The minimum Gasteiger partial charge on any atom is -0.497 e. The van der Waals surface area contributed by atoms with Gasteiger partial charge >= 0.3 is 0 Å². The Bertz CT molecular complexity index is 746. The lowest BCUT2D eigenvalue weighted by atomic mass is 10.2. The number of piperazine rings is 1. The number of carbonyl (C=O) groups excluding carboxylic acids is 1. The Morgan fingerprint density at radius 3 is 1.92 bits per heavy atom. The number of rotatable bonds is 5. The van der Waals surface area contributed by atoms with Crippen LogP contribution in [-0.4, -0.2) is 51.2 Å². The Labute approximate surface area is 154 Å². The van der Waals surface area contributed by atoms with Crippen LogP contribution in [0.25, 0.3) is 6.08 Å². The maximum atomic E-state index is 12.4. The molecular formula is C21H24N2O3. The van der Waals surface area contributed by atoms with E-state index >= 15 is 0 Å². The zero-order chi connectivity index (χ0) is 18.4. The normalized spacial score (nSPS) is 14.5. The summed E-state index contributed by atoms with van der Waals surface area (Å²) in [6.07, 6.45) is 3.49. The number of ether oxygens (including phenoxy) is 2. The van der Waals surface area contributed by atoms with Crippen LogP contribution in [0.1, 0.15) is 5.56 Å². The summed E-state index contributed by atoms with van der Waals surface area (Å²) in [6, 6.07) is 15.7. The van der Waals surface area contributed by atoms with Gasteiger partial charge in [-0.05, 0) is 48.0 Å². The molecule has 0 aromatic heterocycles. The van der Waals surface area contributed by atoms with Crippen molar-refractivity contribution in [2.45, 2.75) is 0 Å². The summed E-state index contributed by atoms with van der Waals surface area (Å²) in [5.74, 6) is 1.71. The number of hydrogen-bond donors (Lipinski definition) is 0. The molecule has 26 heavy (non-hydrogen) atoms. The molecule has 0 bridgehead atoms. The molecule has 1 fully saturated rings. The fourth-order valence-corrected chi connectivity index (χ4v) is 2.97. The van der Waals surface area contributed by atoms with Gasteiger partial charge < -0.3 is 19.3 Å². The standard InChI is InChI=1S/C21H24N2O3/c1-25-19-8-3-17(4-9-19)5-12-21(24)23-15-13-22(14-16-23)18-6-10-20(26-2)11-7-18/h3-12H,13-16H2,1-2H3. The quantitative estimate of drug-likeness (QED) is 0.776. The predicted octanol–water partition coefficient (Wildman–Crippen LogP) is 3.07. The van der Waals surface area contributed by atoms with Gasteiger partial charge in [0.05, 0.1) is 14.2 Å². The van der Waals surface area contributed by atoms with Gasteiger partial charge in [0, 0.05) is 37.9 Å². The van der Waals surface area contributed by atoms with Gasteiger partial charge in [0.15, 0.2) is 0 Å². The maximum Gasteiger partial charge on any atom is 0.246 e. The van der Waals surface area contributed by atoms with Crippen LogP contribution in [-0.2, 0) is 4.79 Å². The first-order chi connectivity index (χ1) is 12.7. The highest BCUT2D eigenvalue weighted by Gasteiger charge is 2.19. The molecule has 5 heteroatoms. The zero-order valence-electron chi connectivity index (χ0n) is 15.2. The van der Waals surface area contributed by atoms with Crippen molar-refractivity contribution in [1.82, 2.24) is 4.90 Å². The third-order valence-electron chi connectivity index (χ3n) is 4.56. The zero-order valence-corrected chi connectivity index (χ0v) is 15.2. The molecule has 2 aromatic rings. The van der Waals surface area contributed by atoms with Gasteiger partial charge in [-0.15, -0.1) is 0 Å². The highest BCUT2D eigenvalue weighted by molar-refractivity contribution is 5.92. The van der Waals surface area contributed by atoms with E-state index in [1.165, 1.54) is 0 Å². The van der Waals surface area contributed by atoms with Crippen molar-refractivity contribution in [2.75, 3.05) is 45.3 Å². The lowest BCUT2D eigenvalue weighted by Crippen LogP contribution is -2.48. The SMILES string of the molecule is COc1ccc(C=CC(=O)N2CCN(c3ccc(OC)cc3)CC2)cc1. The summed E-state index contributed by atoms with van der Waals surface area (Å²) in [5.41, 5.74) is 2.14. The maximum absolute atomic E-state index is 12.4. The van der Waals surface area contributed by atoms with Crippen LogP contribution in [0.2, 0.25) is 0 Å². The van der Waals surface area contributed by atoms with Crippen molar-refractivity contribution in [3.63, 3.8) is 0 Å². The molecule has 0 radical (unpaired) electrons. The predicted molar refractivity (Wildman–Crippen MR) is 104 cm³/mol. The summed E-state index contributed by atoms with van der Waals surface area (Å²) < 4.78 is 10.3. The van der Waals surface area contributed by atoms with E-state index in [9.17, 15) is 4.79 Å². The monoisotopic (exact) mass is 352 g/mol. The average molecular weight is 352 g/mol. The fraction of sp³-hybridized carbons (Fsp3) is 0.286. The Balaban J connectivity index is 1.53. The second-order valence-corrected chi connectivity index (χ2v) is 6.12. The molecule has 136 valence electrons. The minimum absolute atomic E-state index is 0.0511. The second kappa shape index (κ2) is 8.43. The number of carbonyl (C=O) groups is 1. The number of nitrogens with zero attached hydrogens (tertiary/aromatic N) is 2. The van der Waals surface area contributed by atoms with Gasteiger partial charge in [-0.3, -0.25) is 4.79 Å². The van der Waals surface area contributed by atoms with E-state index in [0.717, 1.165) is 48.9 Å². The first kappa shape index (κ1) is 17.9. The molecular weight excluding hydrogens is 328 g/mol. The van der Waals surface area contributed by atoms with Crippen LogP contribution in [0.4, 0.5) is 5.69 Å². The topological polar surface area (TPSA) is 42.0 Å². The molecule has 0 aliphatic carbocycles. The second-order valence-electron chi connectivity index (χ2n) is 6.12. The van der Waals surface area contributed by atoms with Crippen molar-refractivity contribution in [2.24, 2.45) is 0 Å². The molecule has 5 nitrogen and oxygen atoms in total. The van der Waals surface area contributed by atoms with E-state index in [4.69, 9.17) is 9.47 Å². The summed E-state index contributed by atoms with van der Waals surface area (Å²) >= 11 is 0. The first-order valence-electron chi connectivity index (χ1n) is 8.69. The summed E-state index contributed by atoms with van der Waals surface area (Å²) in [5, 5.41) is 0. The molecule has 1 aliphatic rings. The third kappa shape index (κ3) is 4.36. The summed E-state index contributed by atoms with van der Waals surface area (Å²) in [6.45, 7) is 3.10. The van der Waals surface area contributed by atoms with Crippen LogP contribution in [0.5, 0.6) is 11.5 Å². The van der Waals surface area contributed by atoms with E-state index in [-0.39, 0.29) is 5.91 Å². The molecule has 0 atom stereocenters. The van der Waals surface area contributed by atoms with Crippen LogP contribution in [0, 0.1) is 0 Å². The van der Waals surface area contributed by atoms with Crippen LogP contribution >= 0.6 is 0 Å². The first-order valence-corrected chi connectivity index (χ1v) is 8.69.